The van der Waals surface area contributed by atoms with Gasteiger partial charge in [0, 0.05) is 19.0 Å². The molecule has 2 rings (SSSR count). The quantitative estimate of drug-likeness (QED) is 0.819. The number of hydrogen-bond donors (Lipinski definition) is 2. The lowest BCUT2D eigenvalue weighted by molar-refractivity contribution is -0.137. The van der Waals surface area contributed by atoms with Crippen LogP contribution in [0.2, 0.25) is 0 Å². The molecular formula is C11H13N3O2. The zero-order valence-electron chi connectivity index (χ0n) is 9.03. The number of imidazole rings is 1. The molecule has 0 aliphatic heterocycles. The zero-order valence-corrected chi connectivity index (χ0v) is 9.03. The molecule has 16 heavy (non-hydrogen) atoms. The van der Waals surface area contributed by atoms with Crippen molar-refractivity contribution in [2.75, 3.05) is 0 Å². The lowest BCUT2D eigenvalue weighted by Gasteiger charge is -1.92. The van der Waals surface area contributed by atoms with Gasteiger partial charge in [0.1, 0.15) is 5.82 Å². The molecule has 5 nitrogen and oxygen atoms in total. The van der Waals surface area contributed by atoms with Gasteiger partial charge in [-0.25, -0.2) is 9.97 Å². The molecule has 2 heterocycles. The van der Waals surface area contributed by atoms with Gasteiger partial charge >= 0.3 is 5.97 Å². The third-order valence-corrected chi connectivity index (χ3v) is 2.33. The predicted molar refractivity (Wildman–Crippen MR) is 59.2 cm³/mol. The van der Waals surface area contributed by atoms with Gasteiger partial charge in [0.05, 0.1) is 5.52 Å². The van der Waals surface area contributed by atoms with Crippen LogP contribution in [-0.4, -0.2) is 26.0 Å². The van der Waals surface area contributed by atoms with Crippen molar-refractivity contribution in [2.24, 2.45) is 0 Å². The summed E-state index contributed by atoms with van der Waals surface area (Å²) in [6, 6.07) is 1.98. The SMILES string of the molecule is Cc1cnc2nc(CCCC(=O)O)[nH]c2c1. The second-order valence-corrected chi connectivity index (χ2v) is 3.81. The maximum atomic E-state index is 10.4. The molecular weight excluding hydrogens is 206 g/mol. The summed E-state index contributed by atoms with van der Waals surface area (Å²) < 4.78 is 0. The van der Waals surface area contributed by atoms with Gasteiger partial charge in [-0.2, -0.15) is 0 Å². The van der Waals surface area contributed by atoms with E-state index in [2.05, 4.69) is 15.0 Å². The fourth-order valence-electron chi connectivity index (χ4n) is 1.58. The number of aromatic nitrogens is 3. The van der Waals surface area contributed by atoms with Crippen molar-refractivity contribution in [3.63, 3.8) is 0 Å². The molecule has 0 radical (unpaired) electrons. The molecule has 5 heteroatoms. The third-order valence-electron chi connectivity index (χ3n) is 2.33. The lowest BCUT2D eigenvalue weighted by atomic mass is 10.2. The lowest BCUT2D eigenvalue weighted by Crippen LogP contribution is -1.96. The predicted octanol–water partition coefficient (Wildman–Crippen LogP) is 1.67. The number of aliphatic carboxylic acids is 1. The molecule has 2 N–H and O–H groups in total. The van der Waals surface area contributed by atoms with Crippen molar-refractivity contribution >= 4 is 17.1 Å². The molecule has 0 aliphatic rings. The Morgan fingerprint density at radius 1 is 1.56 bits per heavy atom. The van der Waals surface area contributed by atoms with Gasteiger partial charge in [-0.05, 0) is 25.0 Å². The number of H-pyrrole nitrogens is 1. The van der Waals surface area contributed by atoms with E-state index in [4.69, 9.17) is 5.11 Å². The van der Waals surface area contributed by atoms with E-state index in [9.17, 15) is 4.79 Å². The summed E-state index contributed by atoms with van der Waals surface area (Å²) >= 11 is 0. The number of aromatic amines is 1. The molecule has 2 aromatic heterocycles. The van der Waals surface area contributed by atoms with Crippen LogP contribution in [-0.2, 0) is 11.2 Å². The molecule has 0 saturated heterocycles. The minimum absolute atomic E-state index is 0.170. The van der Waals surface area contributed by atoms with Crippen molar-refractivity contribution in [3.8, 4) is 0 Å². The third kappa shape index (κ3) is 2.36. The number of fused-ring (bicyclic) bond motifs is 1. The monoisotopic (exact) mass is 219 g/mol. The van der Waals surface area contributed by atoms with Gasteiger partial charge in [0.25, 0.3) is 0 Å². The molecule has 0 atom stereocenters. The van der Waals surface area contributed by atoms with E-state index in [0.717, 1.165) is 16.9 Å². The van der Waals surface area contributed by atoms with Crippen molar-refractivity contribution in [1.29, 1.82) is 0 Å². The highest BCUT2D eigenvalue weighted by atomic mass is 16.4. The van der Waals surface area contributed by atoms with Crippen LogP contribution in [0.1, 0.15) is 24.2 Å². The largest absolute Gasteiger partial charge is 0.481 e. The molecule has 0 aliphatic carbocycles. The van der Waals surface area contributed by atoms with Gasteiger partial charge in [0.15, 0.2) is 5.65 Å². The Bertz CT molecular complexity index is 519. The fourth-order valence-corrected chi connectivity index (χ4v) is 1.58. The van der Waals surface area contributed by atoms with E-state index < -0.39 is 5.97 Å². The molecule has 0 saturated carbocycles. The molecule has 0 spiro atoms. The molecule has 0 unspecified atom stereocenters. The average molecular weight is 219 g/mol. The van der Waals surface area contributed by atoms with E-state index in [1.54, 1.807) is 6.20 Å². The Morgan fingerprint density at radius 3 is 3.12 bits per heavy atom. The Morgan fingerprint density at radius 2 is 2.38 bits per heavy atom. The van der Waals surface area contributed by atoms with Crippen LogP contribution in [0.25, 0.3) is 11.2 Å². The van der Waals surface area contributed by atoms with E-state index in [1.165, 1.54) is 0 Å². The van der Waals surface area contributed by atoms with Crippen molar-refractivity contribution < 1.29 is 9.90 Å². The Balaban J connectivity index is 2.10. The number of nitrogens with one attached hydrogen (secondary N) is 1. The summed E-state index contributed by atoms with van der Waals surface area (Å²) in [4.78, 5) is 22.0. The van der Waals surface area contributed by atoms with Crippen LogP contribution in [0.3, 0.4) is 0 Å². The topological polar surface area (TPSA) is 78.9 Å². The Hall–Kier alpha value is -1.91. The fraction of sp³-hybridized carbons (Fsp3) is 0.364. The van der Waals surface area contributed by atoms with Crippen molar-refractivity contribution in [2.45, 2.75) is 26.2 Å². The molecule has 2 aromatic rings. The minimum atomic E-state index is -0.773. The van der Waals surface area contributed by atoms with E-state index in [-0.39, 0.29) is 6.42 Å². The number of rotatable bonds is 4. The number of carboxylic acids is 1. The summed E-state index contributed by atoms with van der Waals surface area (Å²) in [7, 11) is 0. The first kappa shape index (κ1) is 10.6. The van der Waals surface area contributed by atoms with Crippen LogP contribution in [0, 0.1) is 6.92 Å². The average Bonchev–Trinajstić information content (AvgIpc) is 2.58. The maximum absolute atomic E-state index is 10.4. The smallest absolute Gasteiger partial charge is 0.303 e. The number of pyridine rings is 1. The maximum Gasteiger partial charge on any atom is 0.303 e. The molecule has 0 fully saturated rings. The van der Waals surface area contributed by atoms with Gasteiger partial charge in [-0.3, -0.25) is 4.79 Å². The van der Waals surface area contributed by atoms with Crippen LogP contribution >= 0.6 is 0 Å². The first-order valence-corrected chi connectivity index (χ1v) is 5.18. The summed E-state index contributed by atoms with van der Waals surface area (Å²) in [6.45, 7) is 1.97. The van der Waals surface area contributed by atoms with Gasteiger partial charge in [0.2, 0.25) is 0 Å². The van der Waals surface area contributed by atoms with Gasteiger partial charge in [-0.15, -0.1) is 0 Å². The zero-order chi connectivity index (χ0) is 11.5. The van der Waals surface area contributed by atoms with Crippen LogP contribution in [0.4, 0.5) is 0 Å². The number of carboxylic acid groups (broad SMARTS) is 1. The molecule has 0 bridgehead atoms. The van der Waals surface area contributed by atoms with Crippen LogP contribution in [0.15, 0.2) is 12.3 Å². The Labute approximate surface area is 92.5 Å². The second-order valence-electron chi connectivity index (χ2n) is 3.81. The van der Waals surface area contributed by atoms with E-state index in [0.29, 0.717) is 18.5 Å². The molecule has 0 amide bonds. The second kappa shape index (κ2) is 4.30. The summed E-state index contributed by atoms with van der Waals surface area (Å²) in [5.41, 5.74) is 2.68. The summed E-state index contributed by atoms with van der Waals surface area (Å²) in [5, 5.41) is 8.52. The number of nitrogens with zero attached hydrogens (tertiary/aromatic N) is 2. The normalized spacial score (nSPS) is 10.8. The molecule has 0 aromatic carbocycles. The highest BCUT2D eigenvalue weighted by Gasteiger charge is 2.04. The van der Waals surface area contributed by atoms with Crippen molar-refractivity contribution in [1.82, 2.24) is 15.0 Å². The van der Waals surface area contributed by atoms with Gasteiger partial charge < -0.3 is 10.1 Å². The highest BCUT2D eigenvalue weighted by molar-refractivity contribution is 5.71. The highest BCUT2D eigenvalue weighted by Crippen LogP contribution is 2.11. The van der Waals surface area contributed by atoms with Crippen LogP contribution < -0.4 is 0 Å². The van der Waals surface area contributed by atoms with E-state index in [1.807, 2.05) is 13.0 Å². The van der Waals surface area contributed by atoms with Crippen LogP contribution in [0.5, 0.6) is 0 Å². The Kier molecular flexibility index (Phi) is 2.85. The van der Waals surface area contributed by atoms with Gasteiger partial charge in [-0.1, -0.05) is 0 Å². The first-order valence-electron chi connectivity index (χ1n) is 5.18. The minimum Gasteiger partial charge on any atom is -0.481 e. The standard InChI is InChI=1S/C11H13N3O2/c1-7-5-8-11(12-6-7)14-9(13-8)3-2-4-10(15)16/h5-6H,2-4H2,1H3,(H,15,16)(H,12,13,14). The van der Waals surface area contributed by atoms with Crippen molar-refractivity contribution in [3.05, 3.63) is 23.7 Å². The first-order chi connectivity index (χ1) is 7.65. The number of hydrogen-bond acceptors (Lipinski definition) is 3. The summed E-state index contributed by atoms with van der Waals surface area (Å²) in [6.07, 6.45) is 3.17. The number of carbonyl (C=O) groups is 1. The summed E-state index contributed by atoms with van der Waals surface area (Å²) in [5.74, 6) is 0.0273. The molecule has 84 valence electrons. The van der Waals surface area contributed by atoms with E-state index >= 15 is 0 Å². The number of aryl methyl sites for hydroxylation is 2.